The Morgan fingerprint density at radius 3 is 2.89 bits per heavy atom. The molecule has 19 heavy (non-hydrogen) atoms. The summed E-state index contributed by atoms with van der Waals surface area (Å²) in [5, 5.41) is 12.1. The first-order valence-electron chi connectivity index (χ1n) is 6.34. The minimum atomic E-state index is -1.03. The molecule has 0 spiro atoms. The van der Waals surface area contributed by atoms with E-state index in [4.69, 9.17) is 9.52 Å². The van der Waals surface area contributed by atoms with E-state index in [0.717, 1.165) is 13.0 Å². The lowest BCUT2D eigenvalue weighted by Gasteiger charge is -2.30. The van der Waals surface area contributed by atoms with Crippen LogP contribution in [0, 0.1) is 0 Å². The van der Waals surface area contributed by atoms with Gasteiger partial charge in [0.2, 0.25) is 5.76 Å². The van der Waals surface area contributed by atoms with E-state index in [9.17, 15) is 4.79 Å². The zero-order valence-corrected chi connectivity index (χ0v) is 10.4. The van der Waals surface area contributed by atoms with E-state index < -0.39 is 5.97 Å². The third kappa shape index (κ3) is 2.39. The molecular weight excluding hydrogens is 242 g/mol. The lowest BCUT2D eigenvalue weighted by atomic mass is 9.77. The van der Waals surface area contributed by atoms with Crippen molar-refractivity contribution in [3.8, 4) is 0 Å². The fraction of sp³-hybridized carbons (Fsp3) is 0.267. The normalized spacial score (nSPS) is 16.7. The van der Waals surface area contributed by atoms with Crippen molar-refractivity contribution in [3.05, 3.63) is 59.0 Å². The van der Waals surface area contributed by atoms with E-state index >= 15 is 0 Å². The van der Waals surface area contributed by atoms with Crippen LogP contribution in [0.15, 0.2) is 40.8 Å². The van der Waals surface area contributed by atoms with Gasteiger partial charge < -0.3 is 14.8 Å². The molecule has 1 unspecified atom stereocenters. The summed E-state index contributed by atoms with van der Waals surface area (Å²) in [4.78, 5) is 10.7. The topological polar surface area (TPSA) is 62.5 Å². The smallest absolute Gasteiger partial charge is 0.371 e. The molecule has 0 fully saturated rings. The van der Waals surface area contributed by atoms with Gasteiger partial charge in [-0.15, -0.1) is 0 Å². The first-order chi connectivity index (χ1) is 9.24. The Morgan fingerprint density at radius 2 is 2.16 bits per heavy atom. The van der Waals surface area contributed by atoms with Crippen LogP contribution >= 0.6 is 0 Å². The summed E-state index contributed by atoms with van der Waals surface area (Å²) in [7, 11) is 0. The van der Waals surface area contributed by atoms with Gasteiger partial charge in [0.1, 0.15) is 5.76 Å². The third-order valence-corrected chi connectivity index (χ3v) is 3.52. The van der Waals surface area contributed by atoms with E-state index in [1.165, 1.54) is 17.2 Å². The molecular formula is C15H15NO3. The van der Waals surface area contributed by atoms with Crippen molar-refractivity contribution in [2.75, 3.05) is 6.54 Å². The fourth-order valence-electron chi connectivity index (χ4n) is 2.50. The number of carboxylic acids is 1. The number of aromatic carboxylic acids is 1. The molecule has 4 nitrogen and oxygen atoms in total. The summed E-state index contributed by atoms with van der Waals surface area (Å²) in [5.41, 5.74) is 2.85. The van der Waals surface area contributed by atoms with E-state index in [1.54, 1.807) is 6.07 Å². The van der Waals surface area contributed by atoms with Crippen LogP contribution in [-0.4, -0.2) is 17.6 Å². The molecule has 3 rings (SSSR count). The minimum absolute atomic E-state index is 0.00853. The number of carboxylic acid groups (broad SMARTS) is 1. The molecule has 98 valence electrons. The molecule has 0 saturated heterocycles. The summed E-state index contributed by atoms with van der Waals surface area (Å²) in [5.74, 6) is 0.181. The quantitative estimate of drug-likeness (QED) is 0.863. The number of rotatable bonds is 5. The maximum absolute atomic E-state index is 10.7. The van der Waals surface area contributed by atoms with Crippen LogP contribution in [0.4, 0.5) is 0 Å². The number of hydrogen-bond donors (Lipinski definition) is 2. The Morgan fingerprint density at radius 1 is 1.32 bits per heavy atom. The summed E-state index contributed by atoms with van der Waals surface area (Å²) in [6.45, 7) is 1.45. The maximum atomic E-state index is 10.7. The lowest BCUT2D eigenvalue weighted by molar-refractivity contribution is 0.0660. The van der Waals surface area contributed by atoms with Crippen molar-refractivity contribution < 1.29 is 14.3 Å². The zero-order chi connectivity index (χ0) is 13.2. The molecule has 1 atom stereocenters. The fourth-order valence-corrected chi connectivity index (χ4v) is 2.50. The van der Waals surface area contributed by atoms with Crippen LogP contribution in [0.2, 0.25) is 0 Å². The van der Waals surface area contributed by atoms with Gasteiger partial charge in [0.15, 0.2) is 0 Å². The molecule has 4 heteroatoms. The second kappa shape index (κ2) is 4.90. The van der Waals surface area contributed by atoms with Gasteiger partial charge in [-0.25, -0.2) is 4.79 Å². The number of nitrogens with one attached hydrogen (secondary N) is 1. The Labute approximate surface area is 111 Å². The van der Waals surface area contributed by atoms with Crippen molar-refractivity contribution >= 4 is 5.97 Å². The second-order valence-electron chi connectivity index (χ2n) is 4.80. The lowest BCUT2D eigenvalue weighted by Crippen LogP contribution is -2.28. The molecule has 1 aliphatic rings. The van der Waals surface area contributed by atoms with Gasteiger partial charge in [0.25, 0.3) is 0 Å². The summed E-state index contributed by atoms with van der Waals surface area (Å²) in [6, 6.07) is 11.6. The molecule has 2 N–H and O–H groups in total. The summed E-state index contributed by atoms with van der Waals surface area (Å²) in [6.07, 6.45) is 1.11. The molecule has 0 saturated carbocycles. The van der Waals surface area contributed by atoms with Gasteiger partial charge in [0, 0.05) is 12.5 Å². The number of furan rings is 1. The van der Waals surface area contributed by atoms with E-state index in [-0.39, 0.29) is 5.76 Å². The highest BCUT2D eigenvalue weighted by atomic mass is 16.4. The predicted octanol–water partition coefficient (Wildman–Crippen LogP) is 2.41. The van der Waals surface area contributed by atoms with E-state index in [1.807, 2.05) is 0 Å². The Bertz CT molecular complexity index is 603. The largest absolute Gasteiger partial charge is 0.475 e. The van der Waals surface area contributed by atoms with Crippen LogP contribution in [0.1, 0.15) is 33.4 Å². The summed E-state index contributed by atoms with van der Waals surface area (Å²) >= 11 is 0. The standard InChI is InChI=1S/C15H15NO3/c17-15(18)14-6-5-12(19-14)9-16-8-11-7-10-3-1-2-4-13(10)11/h1-6,11,16H,7-9H2,(H,17,18). The van der Waals surface area contributed by atoms with Gasteiger partial charge >= 0.3 is 5.97 Å². The predicted molar refractivity (Wildman–Crippen MR) is 70.3 cm³/mol. The Kier molecular flexibility index (Phi) is 3.09. The third-order valence-electron chi connectivity index (χ3n) is 3.52. The van der Waals surface area contributed by atoms with Gasteiger partial charge in [-0.2, -0.15) is 0 Å². The number of fused-ring (bicyclic) bond motifs is 1. The Hall–Kier alpha value is -2.07. The highest BCUT2D eigenvalue weighted by Crippen LogP contribution is 2.33. The minimum Gasteiger partial charge on any atom is -0.475 e. The molecule has 1 aromatic carbocycles. The molecule has 1 aliphatic carbocycles. The van der Waals surface area contributed by atoms with Crippen molar-refractivity contribution in [1.82, 2.24) is 5.32 Å². The summed E-state index contributed by atoms with van der Waals surface area (Å²) < 4.78 is 5.19. The van der Waals surface area contributed by atoms with Crippen LogP contribution < -0.4 is 5.32 Å². The van der Waals surface area contributed by atoms with Crippen molar-refractivity contribution in [3.63, 3.8) is 0 Å². The van der Waals surface area contributed by atoms with E-state index in [0.29, 0.717) is 18.2 Å². The van der Waals surface area contributed by atoms with Crippen molar-refractivity contribution in [1.29, 1.82) is 0 Å². The highest BCUT2D eigenvalue weighted by Gasteiger charge is 2.24. The first-order valence-corrected chi connectivity index (χ1v) is 6.34. The zero-order valence-electron chi connectivity index (χ0n) is 10.4. The van der Waals surface area contributed by atoms with Crippen LogP contribution in [0.5, 0.6) is 0 Å². The monoisotopic (exact) mass is 257 g/mol. The number of hydrogen-bond acceptors (Lipinski definition) is 3. The van der Waals surface area contributed by atoms with Gasteiger partial charge in [-0.05, 0) is 29.7 Å². The molecule has 1 heterocycles. The van der Waals surface area contributed by atoms with Gasteiger partial charge in [0.05, 0.1) is 6.54 Å². The molecule has 1 aromatic heterocycles. The molecule has 0 aliphatic heterocycles. The molecule has 0 radical (unpaired) electrons. The van der Waals surface area contributed by atoms with E-state index in [2.05, 4.69) is 29.6 Å². The second-order valence-corrected chi connectivity index (χ2v) is 4.80. The van der Waals surface area contributed by atoms with Crippen LogP contribution in [-0.2, 0) is 13.0 Å². The SMILES string of the molecule is O=C(O)c1ccc(CNCC2Cc3ccccc32)o1. The van der Waals surface area contributed by atoms with Crippen molar-refractivity contribution in [2.24, 2.45) is 0 Å². The van der Waals surface area contributed by atoms with Crippen LogP contribution in [0.25, 0.3) is 0 Å². The first kappa shape index (κ1) is 12.0. The maximum Gasteiger partial charge on any atom is 0.371 e. The van der Waals surface area contributed by atoms with Gasteiger partial charge in [-0.1, -0.05) is 24.3 Å². The average Bonchev–Trinajstić information content (AvgIpc) is 2.84. The van der Waals surface area contributed by atoms with Gasteiger partial charge in [-0.3, -0.25) is 0 Å². The highest BCUT2D eigenvalue weighted by molar-refractivity contribution is 5.84. The molecule has 0 bridgehead atoms. The number of benzene rings is 1. The van der Waals surface area contributed by atoms with Crippen LogP contribution in [0.3, 0.4) is 0 Å². The Balaban J connectivity index is 1.50. The average molecular weight is 257 g/mol. The number of carbonyl (C=O) groups is 1. The molecule has 0 amide bonds. The molecule has 2 aromatic rings. The van der Waals surface area contributed by atoms with Crippen molar-refractivity contribution in [2.45, 2.75) is 18.9 Å².